The molecule has 0 saturated heterocycles. The lowest BCUT2D eigenvalue weighted by molar-refractivity contribution is 0.316. The fourth-order valence-corrected chi connectivity index (χ4v) is 2.39. The smallest absolute Gasteiger partial charge is 0.143 e. The van der Waals surface area contributed by atoms with Crippen molar-refractivity contribution < 1.29 is 4.63 Å². The second-order valence-corrected chi connectivity index (χ2v) is 4.05. The molecule has 0 radical (unpaired) electrons. The summed E-state index contributed by atoms with van der Waals surface area (Å²) in [4.78, 5) is 0. The molecule has 3 aromatic carbocycles. The molecule has 17 heavy (non-hydrogen) atoms. The lowest BCUT2D eigenvalue weighted by Crippen LogP contribution is -1.81. The third kappa shape index (κ3) is 1.05. The van der Waals surface area contributed by atoms with Gasteiger partial charge in [0.15, 0.2) is 0 Å². The van der Waals surface area contributed by atoms with Gasteiger partial charge in [-0.1, -0.05) is 48.5 Å². The van der Waals surface area contributed by atoms with Crippen molar-refractivity contribution in [2.45, 2.75) is 0 Å². The van der Waals surface area contributed by atoms with Gasteiger partial charge >= 0.3 is 0 Å². The molecule has 0 amide bonds. The van der Waals surface area contributed by atoms with E-state index in [0.29, 0.717) is 0 Å². The Labute approximate surface area is 96.6 Å². The fourth-order valence-electron chi connectivity index (χ4n) is 2.39. The highest BCUT2D eigenvalue weighted by atomic mass is 16.6. The van der Waals surface area contributed by atoms with Gasteiger partial charge in [0.25, 0.3) is 0 Å². The van der Waals surface area contributed by atoms with E-state index in [1.54, 1.807) is 0 Å². The second kappa shape index (κ2) is 3.04. The van der Waals surface area contributed by atoms with E-state index in [4.69, 9.17) is 4.63 Å². The highest BCUT2D eigenvalue weighted by molar-refractivity contribution is 6.22. The molecule has 0 N–H and O–H groups in total. The molecule has 1 heterocycles. The van der Waals surface area contributed by atoms with Gasteiger partial charge in [-0.3, -0.25) is 0 Å². The van der Waals surface area contributed by atoms with Gasteiger partial charge in [-0.05, 0) is 21.1 Å². The Morgan fingerprint density at radius 3 is 1.47 bits per heavy atom. The van der Waals surface area contributed by atoms with Gasteiger partial charge in [0.05, 0.1) is 0 Å². The molecule has 0 saturated carbocycles. The van der Waals surface area contributed by atoms with E-state index in [-0.39, 0.29) is 0 Å². The van der Waals surface area contributed by atoms with Crippen LogP contribution < -0.4 is 0 Å². The zero-order valence-electron chi connectivity index (χ0n) is 8.92. The van der Waals surface area contributed by atoms with Crippen molar-refractivity contribution in [3.8, 4) is 0 Å². The molecule has 3 heteroatoms. The van der Waals surface area contributed by atoms with Crippen molar-refractivity contribution in [1.82, 2.24) is 10.3 Å². The minimum absolute atomic E-state index is 0.833. The summed E-state index contributed by atoms with van der Waals surface area (Å²) in [7, 11) is 0. The van der Waals surface area contributed by atoms with Gasteiger partial charge in [-0.15, -0.1) is 0 Å². The summed E-state index contributed by atoms with van der Waals surface area (Å²) < 4.78 is 4.88. The van der Waals surface area contributed by atoms with E-state index in [2.05, 4.69) is 22.4 Å². The quantitative estimate of drug-likeness (QED) is 0.425. The third-order valence-corrected chi connectivity index (χ3v) is 3.14. The third-order valence-electron chi connectivity index (χ3n) is 3.14. The Bertz CT molecular complexity index is 779. The Morgan fingerprint density at radius 2 is 1.00 bits per heavy atom. The van der Waals surface area contributed by atoms with Gasteiger partial charge in [-0.2, -0.15) is 0 Å². The number of aromatic nitrogens is 2. The van der Waals surface area contributed by atoms with Crippen LogP contribution in [-0.4, -0.2) is 10.3 Å². The summed E-state index contributed by atoms with van der Waals surface area (Å²) in [6.07, 6.45) is 0. The van der Waals surface area contributed by atoms with Crippen LogP contribution in [0.1, 0.15) is 0 Å². The molecule has 0 atom stereocenters. The number of hydrogen-bond donors (Lipinski definition) is 0. The first kappa shape index (κ1) is 8.70. The molecule has 3 nitrogen and oxygen atoms in total. The standard InChI is InChI=1S/C14H8N2O/c1-3-7-11-9(5-1)10-6-2-4-8-12(10)14-13(11)15-17-16-14/h1-8H. The van der Waals surface area contributed by atoms with Crippen LogP contribution in [0, 0.1) is 0 Å². The molecular weight excluding hydrogens is 212 g/mol. The van der Waals surface area contributed by atoms with Crippen LogP contribution in [0.15, 0.2) is 53.2 Å². The highest BCUT2D eigenvalue weighted by Crippen LogP contribution is 2.32. The van der Waals surface area contributed by atoms with Crippen molar-refractivity contribution in [3.63, 3.8) is 0 Å². The predicted octanol–water partition coefficient (Wildman–Crippen LogP) is 3.53. The Hall–Kier alpha value is -2.42. The molecule has 80 valence electrons. The Kier molecular flexibility index (Phi) is 1.56. The van der Waals surface area contributed by atoms with E-state index < -0.39 is 0 Å². The number of fused-ring (bicyclic) bond motifs is 6. The summed E-state index contributed by atoms with van der Waals surface area (Å²) in [5.74, 6) is 0. The van der Waals surface area contributed by atoms with E-state index in [1.807, 2.05) is 36.4 Å². The fraction of sp³-hybridized carbons (Fsp3) is 0. The van der Waals surface area contributed by atoms with Gasteiger partial charge in [0.1, 0.15) is 11.0 Å². The summed E-state index contributed by atoms with van der Waals surface area (Å²) in [5.41, 5.74) is 1.67. The summed E-state index contributed by atoms with van der Waals surface area (Å²) >= 11 is 0. The molecule has 0 fully saturated rings. The van der Waals surface area contributed by atoms with Gasteiger partial charge in [0, 0.05) is 10.8 Å². The minimum Gasteiger partial charge on any atom is -0.243 e. The lowest BCUT2D eigenvalue weighted by Gasteiger charge is -2.03. The largest absolute Gasteiger partial charge is 0.243 e. The predicted molar refractivity (Wildman–Crippen MR) is 66.8 cm³/mol. The number of benzene rings is 3. The molecule has 0 spiro atoms. The number of rotatable bonds is 0. The van der Waals surface area contributed by atoms with Crippen LogP contribution in [0.5, 0.6) is 0 Å². The van der Waals surface area contributed by atoms with E-state index >= 15 is 0 Å². The van der Waals surface area contributed by atoms with Crippen LogP contribution in [0.4, 0.5) is 0 Å². The minimum atomic E-state index is 0.833. The lowest BCUT2D eigenvalue weighted by atomic mass is 10.0. The van der Waals surface area contributed by atoms with Crippen molar-refractivity contribution in [2.75, 3.05) is 0 Å². The van der Waals surface area contributed by atoms with Crippen LogP contribution in [-0.2, 0) is 0 Å². The van der Waals surface area contributed by atoms with Gasteiger partial charge in [0.2, 0.25) is 0 Å². The number of hydrogen-bond acceptors (Lipinski definition) is 3. The van der Waals surface area contributed by atoms with Crippen molar-refractivity contribution >= 4 is 32.6 Å². The first-order valence-electron chi connectivity index (χ1n) is 5.47. The first-order valence-corrected chi connectivity index (χ1v) is 5.47. The summed E-state index contributed by atoms with van der Waals surface area (Å²) in [6.45, 7) is 0. The van der Waals surface area contributed by atoms with Crippen LogP contribution in [0.2, 0.25) is 0 Å². The second-order valence-electron chi connectivity index (χ2n) is 4.05. The zero-order chi connectivity index (χ0) is 11.2. The maximum absolute atomic E-state index is 4.88. The maximum Gasteiger partial charge on any atom is 0.143 e. The van der Waals surface area contributed by atoms with Gasteiger partial charge in [-0.25, -0.2) is 4.63 Å². The Morgan fingerprint density at radius 1 is 0.588 bits per heavy atom. The average Bonchev–Trinajstić information content (AvgIpc) is 2.89. The van der Waals surface area contributed by atoms with E-state index in [9.17, 15) is 0 Å². The maximum atomic E-state index is 4.88. The molecule has 4 aromatic rings. The number of nitrogens with zero attached hydrogens (tertiary/aromatic N) is 2. The average molecular weight is 220 g/mol. The molecular formula is C14H8N2O. The molecule has 1 aromatic heterocycles. The zero-order valence-corrected chi connectivity index (χ0v) is 8.92. The van der Waals surface area contributed by atoms with Crippen molar-refractivity contribution in [2.24, 2.45) is 0 Å². The van der Waals surface area contributed by atoms with Crippen molar-refractivity contribution in [1.29, 1.82) is 0 Å². The van der Waals surface area contributed by atoms with E-state index in [1.165, 1.54) is 10.8 Å². The molecule has 0 bridgehead atoms. The molecule has 0 aliphatic heterocycles. The summed E-state index contributed by atoms with van der Waals surface area (Å²) in [6, 6.07) is 16.4. The van der Waals surface area contributed by atoms with Crippen LogP contribution >= 0.6 is 0 Å². The highest BCUT2D eigenvalue weighted by Gasteiger charge is 2.11. The molecule has 0 aliphatic rings. The SMILES string of the molecule is c1ccc2c(c1)c1ccccc1c1nonc21. The molecule has 0 unspecified atom stereocenters. The Balaban J connectivity index is 2.48. The van der Waals surface area contributed by atoms with Crippen LogP contribution in [0.3, 0.4) is 0 Å². The molecule has 0 aliphatic carbocycles. The first-order chi connectivity index (χ1) is 8.45. The topological polar surface area (TPSA) is 38.9 Å². The van der Waals surface area contributed by atoms with Gasteiger partial charge < -0.3 is 0 Å². The van der Waals surface area contributed by atoms with E-state index in [0.717, 1.165) is 21.8 Å². The summed E-state index contributed by atoms with van der Waals surface area (Å²) in [5, 5.41) is 12.6. The van der Waals surface area contributed by atoms with Crippen LogP contribution in [0.25, 0.3) is 32.6 Å². The molecule has 4 rings (SSSR count). The monoisotopic (exact) mass is 220 g/mol. The normalized spacial score (nSPS) is 11.5. The van der Waals surface area contributed by atoms with Crippen molar-refractivity contribution in [3.05, 3.63) is 48.5 Å².